The van der Waals surface area contributed by atoms with Crippen LogP contribution >= 0.6 is 15.9 Å². The van der Waals surface area contributed by atoms with Crippen LogP contribution in [0.25, 0.3) is 5.69 Å². The summed E-state index contributed by atoms with van der Waals surface area (Å²) >= 11 is 3.30. The molecule has 0 bridgehead atoms. The topological polar surface area (TPSA) is 92.1 Å². The molecule has 0 atom stereocenters. The fourth-order valence-electron chi connectivity index (χ4n) is 1.69. The van der Waals surface area contributed by atoms with Crippen LogP contribution in [0.1, 0.15) is 0 Å². The molecule has 0 radical (unpaired) electrons. The van der Waals surface area contributed by atoms with E-state index in [2.05, 4.69) is 25.8 Å². The zero-order chi connectivity index (χ0) is 16.1. The predicted octanol–water partition coefficient (Wildman–Crippen LogP) is 1.75. The number of carbonyl (C=O) groups excluding carboxylic acids is 1. The number of nitrogens with two attached hydrogens (primary N) is 1. The third-order valence-corrected chi connectivity index (χ3v) is 3.27. The van der Waals surface area contributed by atoms with E-state index in [4.69, 9.17) is 5.73 Å². The second kappa shape index (κ2) is 7.03. The van der Waals surface area contributed by atoms with Crippen molar-refractivity contribution in [1.82, 2.24) is 14.3 Å². The van der Waals surface area contributed by atoms with Gasteiger partial charge in [0.25, 0.3) is 0 Å². The van der Waals surface area contributed by atoms with E-state index in [-0.39, 0.29) is 25.1 Å². The lowest BCUT2D eigenvalue weighted by Gasteiger charge is -2.05. The molecule has 2 aromatic rings. The number of aromatic nitrogens is 3. The van der Waals surface area contributed by atoms with Crippen molar-refractivity contribution in [2.45, 2.75) is 6.54 Å². The van der Waals surface area contributed by atoms with Crippen molar-refractivity contribution in [2.24, 2.45) is 5.73 Å². The molecule has 1 heterocycles. The minimum Gasteiger partial charge on any atom is -0.445 e. The molecule has 0 aliphatic heterocycles. The quantitative estimate of drug-likeness (QED) is 0.867. The molecule has 0 unspecified atom stereocenters. The summed E-state index contributed by atoms with van der Waals surface area (Å²) in [5.41, 5.74) is 5.05. The predicted molar refractivity (Wildman–Crippen MR) is 80.3 cm³/mol. The summed E-state index contributed by atoms with van der Waals surface area (Å²) in [6.07, 6.45) is 0.566. The van der Waals surface area contributed by atoms with Gasteiger partial charge >= 0.3 is 11.8 Å². The molecule has 9 heteroatoms. The minimum absolute atomic E-state index is 0.0574. The Morgan fingerprint density at radius 2 is 2.09 bits per heavy atom. The molecule has 2 N–H and O–H groups in total. The summed E-state index contributed by atoms with van der Waals surface area (Å²) in [5, 5.41) is 3.91. The molecule has 0 aliphatic rings. The van der Waals surface area contributed by atoms with Crippen LogP contribution in [0, 0.1) is 0 Å². The molecule has 0 saturated carbocycles. The van der Waals surface area contributed by atoms with Gasteiger partial charge in [-0.15, -0.1) is 0 Å². The Morgan fingerprint density at radius 1 is 1.41 bits per heavy atom. The molecule has 0 fully saturated rings. The number of primary amides is 1. The number of benzene rings is 1. The Bertz CT molecular complexity index is 751. The van der Waals surface area contributed by atoms with Gasteiger partial charge in [0.2, 0.25) is 0 Å². The Balaban J connectivity index is 2.19. The molecule has 0 spiro atoms. The molecule has 2 rings (SSSR count). The Hall–Kier alpha value is -2.42. The van der Waals surface area contributed by atoms with E-state index in [1.807, 2.05) is 0 Å². The van der Waals surface area contributed by atoms with Crippen LogP contribution in [0.4, 0.5) is 9.18 Å². The molecule has 0 saturated heterocycles. The van der Waals surface area contributed by atoms with Crippen molar-refractivity contribution < 1.29 is 13.9 Å². The fraction of sp³-hybridized carbons (Fsp3) is 0.154. The first-order valence-electron chi connectivity index (χ1n) is 6.12. The lowest BCUT2D eigenvalue weighted by molar-refractivity contribution is 0.164. The zero-order valence-electron chi connectivity index (χ0n) is 11.3. The van der Waals surface area contributed by atoms with Gasteiger partial charge in [-0.1, -0.05) is 15.9 Å². The van der Waals surface area contributed by atoms with Crippen LogP contribution in [0.15, 0.2) is 51.8 Å². The fourth-order valence-corrected chi connectivity index (χ4v) is 1.96. The Morgan fingerprint density at radius 3 is 2.68 bits per heavy atom. The van der Waals surface area contributed by atoms with Crippen molar-refractivity contribution in [1.29, 1.82) is 0 Å². The largest absolute Gasteiger partial charge is 0.445 e. The minimum atomic E-state index is -1.02. The average molecular weight is 371 g/mol. The highest BCUT2D eigenvalue weighted by molar-refractivity contribution is 9.10. The van der Waals surface area contributed by atoms with Gasteiger partial charge < -0.3 is 10.5 Å². The van der Waals surface area contributed by atoms with Gasteiger partial charge in [0.05, 0.1) is 18.6 Å². The van der Waals surface area contributed by atoms with E-state index in [1.54, 1.807) is 24.3 Å². The van der Waals surface area contributed by atoms with E-state index < -0.39 is 11.8 Å². The molecule has 1 aromatic carbocycles. The van der Waals surface area contributed by atoms with E-state index in [1.165, 1.54) is 10.9 Å². The lowest BCUT2D eigenvalue weighted by Crippen LogP contribution is -2.26. The van der Waals surface area contributed by atoms with Crippen LogP contribution in [0.5, 0.6) is 0 Å². The summed E-state index contributed by atoms with van der Waals surface area (Å²) in [6.45, 7) is -0.491. The van der Waals surface area contributed by atoms with E-state index >= 15 is 0 Å². The van der Waals surface area contributed by atoms with Crippen LogP contribution in [-0.2, 0) is 11.3 Å². The standard InChI is InChI=1S/C13H12BrFN4O3/c14-10-1-3-11(4-2-10)18-8-17-19(13(18)21)6-9(5-15)7-22-12(16)20/h1-5,8H,6-7H2,(H2,16,20)/b9-5+. The van der Waals surface area contributed by atoms with Gasteiger partial charge in [-0.2, -0.15) is 5.10 Å². The second-order valence-electron chi connectivity index (χ2n) is 4.29. The normalized spacial score (nSPS) is 11.5. The second-order valence-corrected chi connectivity index (χ2v) is 5.21. The maximum absolute atomic E-state index is 12.8. The van der Waals surface area contributed by atoms with Crippen molar-refractivity contribution in [3.05, 3.63) is 57.5 Å². The first kappa shape index (κ1) is 16.0. The third-order valence-electron chi connectivity index (χ3n) is 2.75. The average Bonchev–Trinajstić information content (AvgIpc) is 2.85. The number of nitrogens with zero attached hydrogens (tertiary/aromatic N) is 3. The summed E-state index contributed by atoms with van der Waals surface area (Å²) < 4.78 is 20.5. The van der Waals surface area contributed by atoms with E-state index in [0.29, 0.717) is 5.69 Å². The van der Waals surface area contributed by atoms with Gasteiger partial charge in [-0.25, -0.2) is 23.2 Å². The number of hydrogen-bond donors (Lipinski definition) is 1. The molecule has 22 heavy (non-hydrogen) atoms. The number of amides is 1. The maximum atomic E-state index is 12.8. The van der Waals surface area contributed by atoms with Gasteiger partial charge in [-0.05, 0) is 24.3 Å². The van der Waals surface area contributed by atoms with Gasteiger partial charge in [0, 0.05) is 10.0 Å². The third kappa shape index (κ3) is 3.82. The van der Waals surface area contributed by atoms with Crippen LogP contribution in [0.3, 0.4) is 0 Å². The zero-order valence-corrected chi connectivity index (χ0v) is 12.9. The van der Waals surface area contributed by atoms with Crippen LogP contribution in [-0.4, -0.2) is 27.0 Å². The van der Waals surface area contributed by atoms with Crippen LogP contribution < -0.4 is 11.4 Å². The SMILES string of the molecule is NC(=O)OC/C(=C/F)Cn1ncn(-c2ccc(Br)cc2)c1=O. The molecule has 116 valence electrons. The number of carbonyl (C=O) groups is 1. The molecular weight excluding hydrogens is 359 g/mol. The van der Waals surface area contributed by atoms with Gasteiger partial charge in [-0.3, -0.25) is 0 Å². The van der Waals surface area contributed by atoms with Gasteiger partial charge in [0.1, 0.15) is 12.9 Å². The highest BCUT2D eigenvalue weighted by atomic mass is 79.9. The summed E-state index contributed by atoms with van der Waals surface area (Å²) in [4.78, 5) is 22.7. The number of halogens is 2. The number of hydrogen-bond acceptors (Lipinski definition) is 4. The van der Waals surface area contributed by atoms with Gasteiger partial charge in [0.15, 0.2) is 0 Å². The van der Waals surface area contributed by atoms with Crippen molar-refractivity contribution in [3.63, 3.8) is 0 Å². The van der Waals surface area contributed by atoms with Crippen molar-refractivity contribution >= 4 is 22.0 Å². The monoisotopic (exact) mass is 370 g/mol. The summed E-state index contributed by atoms with van der Waals surface area (Å²) in [7, 11) is 0. The lowest BCUT2D eigenvalue weighted by atomic mass is 10.3. The molecule has 7 nitrogen and oxygen atoms in total. The molecule has 1 aromatic heterocycles. The van der Waals surface area contributed by atoms with Crippen molar-refractivity contribution in [3.8, 4) is 5.69 Å². The molecular formula is C13H12BrFN4O3. The first-order valence-corrected chi connectivity index (χ1v) is 6.91. The van der Waals surface area contributed by atoms with Crippen molar-refractivity contribution in [2.75, 3.05) is 6.61 Å². The smallest absolute Gasteiger partial charge is 0.404 e. The summed E-state index contributed by atoms with van der Waals surface area (Å²) in [6, 6.07) is 7.04. The van der Waals surface area contributed by atoms with E-state index in [0.717, 1.165) is 9.15 Å². The maximum Gasteiger partial charge on any atom is 0.404 e. The van der Waals surface area contributed by atoms with Crippen LogP contribution in [0.2, 0.25) is 0 Å². The Kier molecular flexibility index (Phi) is 5.10. The highest BCUT2D eigenvalue weighted by Gasteiger charge is 2.10. The molecule has 1 amide bonds. The number of rotatable bonds is 5. The molecule has 0 aliphatic carbocycles. The number of ether oxygens (including phenoxy) is 1. The van der Waals surface area contributed by atoms with E-state index in [9.17, 15) is 14.0 Å². The highest BCUT2D eigenvalue weighted by Crippen LogP contribution is 2.12. The Labute approximate surface area is 132 Å². The summed E-state index contributed by atoms with van der Waals surface area (Å²) in [5.74, 6) is 0. The first-order chi connectivity index (χ1) is 10.5.